The van der Waals surface area contributed by atoms with Crippen LogP contribution >= 0.6 is 0 Å². The van der Waals surface area contributed by atoms with E-state index in [0.717, 1.165) is 12.8 Å². The standard InChI is InChI=1S/C21H26N2O3/c1-21(2,20(25)23-17-12-7-13-18(15-17)26-3)19(24)22-14-8-11-16-9-5-4-6-10-16/h4-7,9-10,12-13,15H,8,11,14H2,1-3H3,(H,22,24)(H,23,25). The average Bonchev–Trinajstić information content (AvgIpc) is 2.66. The number of methoxy groups -OCH3 is 1. The normalized spacial score (nSPS) is 10.9. The summed E-state index contributed by atoms with van der Waals surface area (Å²) in [5.74, 6) is 0.00300. The Hall–Kier alpha value is -2.82. The van der Waals surface area contributed by atoms with E-state index in [0.29, 0.717) is 18.0 Å². The molecule has 0 saturated heterocycles. The van der Waals surface area contributed by atoms with Gasteiger partial charge >= 0.3 is 0 Å². The summed E-state index contributed by atoms with van der Waals surface area (Å²) in [6, 6.07) is 17.2. The van der Waals surface area contributed by atoms with Crippen LogP contribution in [0, 0.1) is 5.41 Å². The summed E-state index contributed by atoms with van der Waals surface area (Å²) in [5.41, 5.74) is 0.659. The van der Waals surface area contributed by atoms with Crippen molar-refractivity contribution in [1.29, 1.82) is 0 Å². The van der Waals surface area contributed by atoms with Crippen molar-refractivity contribution in [1.82, 2.24) is 5.32 Å². The topological polar surface area (TPSA) is 67.4 Å². The predicted octanol–water partition coefficient (Wildman–Crippen LogP) is 3.41. The third kappa shape index (κ3) is 5.34. The highest BCUT2D eigenvalue weighted by molar-refractivity contribution is 6.09. The number of benzene rings is 2. The van der Waals surface area contributed by atoms with Crippen molar-refractivity contribution in [2.75, 3.05) is 19.0 Å². The van der Waals surface area contributed by atoms with E-state index in [9.17, 15) is 9.59 Å². The van der Waals surface area contributed by atoms with Crippen molar-refractivity contribution in [2.45, 2.75) is 26.7 Å². The molecule has 2 N–H and O–H groups in total. The average molecular weight is 354 g/mol. The summed E-state index contributed by atoms with van der Waals surface area (Å²) in [4.78, 5) is 25.0. The van der Waals surface area contributed by atoms with Gasteiger partial charge in [-0.3, -0.25) is 9.59 Å². The third-order valence-corrected chi connectivity index (χ3v) is 4.23. The molecule has 0 spiro atoms. The van der Waals surface area contributed by atoms with E-state index in [1.165, 1.54) is 5.56 Å². The predicted molar refractivity (Wildman–Crippen MR) is 103 cm³/mol. The maximum absolute atomic E-state index is 12.5. The number of anilines is 1. The van der Waals surface area contributed by atoms with Gasteiger partial charge in [-0.2, -0.15) is 0 Å². The van der Waals surface area contributed by atoms with Gasteiger partial charge in [-0.25, -0.2) is 0 Å². The highest BCUT2D eigenvalue weighted by Crippen LogP contribution is 2.22. The summed E-state index contributed by atoms with van der Waals surface area (Å²) in [5, 5.41) is 5.63. The third-order valence-electron chi connectivity index (χ3n) is 4.23. The van der Waals surface area contributed by atoms with Gasteiger partial charge in [-0.15, -0.1) is 0 Å². The number of hydrogen-bond acceptors (Lipinski definition) is 3. The van der Waals surface area contributed by atoms with Crippen LogP contribution in [0.4, 0.5) is 5.69 Å². The monoisotopic (exact) mass is 354 g/mol. The lowest BCUT2D eigenvalue weighted by Gasteiger charge is -2.23. The Morgan fingerprint density at radius 2 is 1.73 bits per heavy atom. The van der Waals surface area contributed by atoms with Crippen molar-refractivity contribution >= 4 is 17.5 Å². The Kier molecular flexibility index (Phi) is 6.78. The quantitative estimate of drug-likeness (QED) is 0.564. The van der Waals surface area contributed by atoms with E-state index in [-0.39, 0.29) is 11.8 Å². The molecule has 0 aliphatic heterocycles. The molecular weight excluding hydrogens is 328 g/mol. The minimum absolute atomic E-state index is 0.286. The number of ether oxygens (including phenoxy) is 1. The molecule has 0 heterocycles. The first-order chi connectivity index (χ1) is 12.4. The molecule has 0 unspecified atom stereocenters. The van der Waals surface area contributed by atoms with Crippen LogP contribution in [-0.2, 0) is 16.0 Å². The molecule has 0 aliphatic rings. The van der Waals surface area contributed by atoms with Crippen LogP contribution in [0.2, 0.25) is 0 Å². The smallest absolute Gasteiger partial charge is 0.239 e. The minimum Gasteiger partial charge on any atom is -0.497 e. The van der Waals surface area contributed by atoms with E-state index in [4.69, 9.17) is 4.74 Å². The number of hydrogen-bond donors (Lipinski definition) is 2. The molecule has 2 rings (SSSR count). The van der Waals surface area contributed by atoms with Gasteiger partial charge in [-0.05, 0) is 44.4 Å². The van der Waals surface area contributed by atoms with E-state index in [1.54, 1.807) is 45.2 Å². The van der Waals surface area contributed by atoms with Gasteiger partial charge in [0.15, 0.2) is 0 Å². The SMILES string of the molecule is COc1cccc(NC(=O)C(C)(C)C(=O)NCCCc2ccccc2)c1. The molecular formula is C21H26N2O3. The maximum Gasteiger partial charge on any atom is 0.239 e. The number of amides is 2. The van der Waals surface area contributed by atoms with Crippen molar-refractivity contribution < 1.29 is 14.3 Å². The van der Waals surface area contributed by atoms with Crippen molar-refractivity contribution in [2.24, 2.45) is 5.41 Å². The molecule has 0 aromatic heterocycles. The van der Waals surface area contributed by atoms with Crippen LogP contribution in [0.1, 0.15) is 25.8 Å². The second-order valence-electron chi connectivity index (χ2n) is 6.66. The molecule has 2 amide bonds. The fourth-order valence-corrected chi connectivity index (χ4v) is 2.45. The molecule has 2 aromatic carbocycles. The Bertz CT molecular complexity index is 742. The van der Waals surface area contributed by atoms with Gasteiger partial charge in [0.25, 0.3) is 0 Å². The number of rotatable bonds is 8. The lowest BCUT2D eigenvalue weighted by Crippen LogP contribution is -2.45. The fraction of sp³-hybridized carbons (Fsp3) is 0.333. The molecule has 0 atom stereocenters. The zero-order valence-electron chi connectivity index (χ0n) is 15.5. The molecule has 5 heteroatoms. The molecule has 0 aliphatic carbocycles. The van der Waals surface area contributed by atoms with Crippen LogP contribution in [-0.4, -0.2) is 25.5 Å². The van der Waals surface area contributed by atoms with Crippen molar-refractivity contribution in [3.63, 3.8) is 0 Å². The molecule has 5 nitrogen and oxygen atoms in total. The fourth-order valence-electron chi connectivity index (χ4n) is 2.45. The Labute approximate surface area is 154 Å². The van der Waals surface area contributed by atoms with E-state index in [1.807, 2.05) is 18.2 Å². The number of nitrogens with one attached hydrogen (secondary N) is 2. The zero-order chi connectivity index (χ0) is 19.0. The van der Waals surface area contributed by atoms with Crippen LogP contribution in [0.3, 0.4) is 0 Å². The molecule has 2 aromatic rings. The maximum atomic E-state index is 12.5. The van der Waals surface area contributed by atoms with Gasteiger partial charge in [0, 0.05) is 18.3 Å². The van der Waals surface area contributed by atoms with E-state index in [2.05, 4.69) is 22.8 Å². The first-order valence-electron chi connectivity index (χ1n) is 8.71. The largest absolute Gasteiger partial charge is 0.497 e. The summed E-state index contributed by atoms with van der Waals surface area (Å²) in [6.07, 6.45) is 1.71. The number of carbonyl (C=O) groups is 2. The lowest BCUT2D eigenvalue weighted by atomic mass is 9.91. The summed E-state index contributed by atoms with van der Waals surface area (Å²) in [7, 11) is 1.56. The van der Waals surface area contributed by atoms with Gasteiger partial charge in [0.05, 0.1) is 7.11 Å². The summed E-state index contributed by atoms with van der Waals surface area (Å²) in [6.45, 7) is 3.77. The van der Waals surface area contributed by atoms with E-state index >= 15 is 0 Å². The lowest BCUT2D eigenvalue weighted by molar-refractivity contribution is -0.138. The molecule has 0 bridgehead atoms. The van der Waals surface area contributed by atoms with Gasteiger partial charge < -0.3 is 15.4 Å². The van der Waals surface area contributed by atoms with Crippen LogP contribution in [0.5, 0.6) is 5.75 Å². The van der Waals surface area contributed by atoms with Crippen molar-refractivity contribution in [3.05, 3.63) is 60.2 Å². The highest BCUT2D eigenvalue weighted by Gasteiger charge is 2.35. The molecule has 0 radical (unpaired) electrons. The van der Waals surface area contributed by atoms with Gasteiger partial charge in [0.1, 0.15) is 11.2 Å². The Morgan fingerprint density at radius 3 is 2.42 bits per heavy atom. The number of carbonyl (C=O) groups excluding carboxylic acids is 2. The van der Waals surface area contributed by atoms with Crippen LogP contribution in [0.25, 0.3) is 0 Å². The zero-order valence-corrected chi connectivity index (χ0v) is 15.5. The highest BCUT2D eigenvalue weighted by atomic mass is 16.5. The summed E-state index contributed by atoms with van der Waals surface area (Å²) < 4.78 is 5.14. The second-order valence-corrected chi connectivity index (χ2v) is 6.66. The van der Waals surface area contributed by atoms with Crippen LogP contribution in [0.15, 0.2) is 54.6 Å². The van der Waals surface area contributed by atoms with Gasteiger partial charge in [-0.1, -0.05) is 36.4 Å². The Balaban J connectivity index is 1.84. The minimum atomic E-state index is -1.17. The van der Waals surface area contributed by atoms with Gasteiger partial charge in [0.2, 0.25) is 11.8 Å². The number of aryl methyl sites for hydroxylation is 1. The van der Waals surface area contributed by atoms with Crippen LogP contribution < -0.4 is 15.4 Å². The molecule has 0 saturated carbocycles. The molecule has 138 valence electrons. The first-order valence-corrected chi connectivity index (χ1v) is 8.71. The molecule has 26 heavy (non-hydrogen) atoms. The second kappa shape index (κ2) is 9.04. The summed E-state index contributed by atoms with van der Waals surface area (Å²) >= 11 is 0. The first kappa shape index (κ1) is 19.5. The Morgan fingerprint density at radius 1 is 1.00 bits per heavy atom. The van der Waals surface area contributed by atoms with E-state index < -0.39 is 5.41 Å². The molecule has 0 fully saturated rings. The van der Waals surface area contributed by atoms with Crippen molar-refractivity contribution in [3.8, 4) is 5.75 Å².